The summed E-state index contributed by atoms with van der Waals surface area (Å²) in [5, 5.41) is 2.40. The van der Waals surface area contributed by atoms with Crippen LogP contribution in [0.3, 0.4) is 0 Å². The highest BCUT2D eigenvalue weighted by atomic mass is 32.2. The fraction of sp³-hybridized carbons (Fsp3) is 0.667. The number of methoxy groups -OCH3 is 1. The molecule has 0 aliphatic carbocycles. The summed E-state index contributed by atoms with van der Waals surface area (Å²) in [5.74, 6) is -0.0225. The number of carbonyl (C=O) groups excluding carboxylic acids is 2. The molecule has 0 aliphatic heterocycles. The molecule has 0 aromatic rings. The van der Waals surface area contributed by atoms with Crippen LogP contribution >= 0.6 is 11.8 Å². The molecule has 0 saturated heterocycles. The fourth-order valence-corrected chi connectivity index (χ4v) is 0.807. The monoisotopic (exact) mass is 177 g/mol. The Morgan fingerprint density at radius 1 is 1.55 bits per heavy atom. The topological polar surface area (TPSA) is 55.4 Å². The minimum Gasteiger partial charge on any atom is -0.364 e. The molecule has 1 amide bonds. The first kappa shape index (κ1) is 10.4. The molecule has 0 aromatic heterocycles. The molecule has 0 bridgehead atoms. The number of ether oxygens (including phenoxy) is 1. The Hall–Kier alpha value is -0.550. The van der Waals surface area contributed by atoms with E-state index in [1.165, 1.54) is 14.0 Å². The maximum Gasteiger partial charge on any atom is 0.232 e. The lowest BCUT2D eigenvalue weighted by molar-refractivity contribution is -0.120. The minimum absolute atomic E-state index is 0.0578. The highest BCUT2D eigenvalue weighted by molar-refractivity contribution is 8.14. The van der Waals surface area contributed by atoms with Crippen molar-refractivity contribution in [2.45, 2.75) is 6.92 Å². The van der Waals surface area contributed by atoms with Crippen molar-refractivity contribution in [3.05, 3.63) is 0 Å². The van der Waals surface area contributed by atoms with Crippen LogP contribution in [0.4, 0.5) is 0 Å². The minimum atomic E-state index is -0.188. The Morgan fingerprint density at radius 3 is 2.64 bits per heavy atom. The first-order chi connectivity index (χ1) is 5.16. The fourth-order valence-electron chi connectivity index (χ4n) is 0.371. The molecular formula is C6H11NO3S. The molecule has 0 atom stereocenters. The van der Waals surface area contributed by atoms with Gasteiger partial charge in [-0.2, -0.15) is 0 Å². The summed E-state index contributed by atoms with van der Waals surface area (Å²) in [6, 6.07) is 0. The standard InChI is InChI=1S/C6H11NO3S/c1-5(8)11-3-6(9)7-4-10-2/h3-4H2,1-2H3,(H,7,9). The van der Waals surface area contributed by atoms with E-state index >= 15 is 0 Å². The van der Waals surface area contributed by atoms with Gasteiger partial charge < -0.3 is 10.1 Å². The summed E-state index contributed by atoms with van der Waals surface area (Å²) >= 11 is 0.983. The van der Waals surface area contributed by atoms with Crippen molar-refractivity contribution in [1.82, 2.24) is 5.32 Å². The highest BCUT2D eigenvalue weighted by Gasteiger charge is 2.01. The van der Waals surface area contributed by atoms with Gasteiger partial charge in [-0.05, 0) is 0 Å². The van der Waals surface area contributed by atoms with E-state index in [2.05, 4.69) is 10.1 Å². The first-order valence-corrected chi connectivity index (χ1v) is 4.04. The van der Waals surface area contributed by atoms with Gasteiger partial charge in [0.1, 0.15) is 6.73 Å². The highest BCUT2D eigenvalue weighted by Crippen LogP contribution is 1.98. The molecule has 0 heterocycles. The smallest absolute Gasteiger partial charge is 0.232 e. The quantitative estimate of drug-likeness (QED) is 0.613. The van der Waals surface area contributed by atoms with Crippen LogP contribution in [0.15, 0.2) is 0 Å². The van der Waals surface area contributed by atoms with E-state index in [-0.39, 0.29) is 23.5 Å². The third kappa shape index (κ3) is 7.35. The van der Waals surface area contributed by atoms with Gasteiger partial charge in [-0.25, -0.2) is 0 Å². The number of hydrogen-bond acceptors (Lipinski definition) is 4. The molecule has 4 nitrogen and oxygen atoms in total. The third-order valence-corrected chi connectivity index (χ3v) is 1.63. The zero-order valence-corrected chi connectivity index (χ0v) is 7.36. The summed E-state index contributed by atoms with van der Waals surface area (Å²) in [7, 11) is 1.48. The van der Waals surface area contributed by atoms with Crippen molar-refractivity contribution < 1.29 is 14.3 Å². The maximum atomic E-state index is 10.7. The summed E-state index contributed by atoms with van der Waals surface area (Å²) in [5.41, 5.74) is 0. The first-order valence-electron chi connectivity index (χ1n) is 3.06. The molecule has 64 valence electrons. The SMILES string of the molecule is COCNC(=O)CSC(C)=O. The molecule has 5 heteroatoms. The summed E-state index contributed by atoms with van der Waals surface area (Å²) in [6.45, 7) is 1.62. The van der Waals surface area contributed by atoms with Crippen LogP contribution in [0.5, 0.6) is 0 Å². The second-order valence-electron chi connectivity index (χ2n) is 1.81. The van der Waals surface area contributed by atoms with Gasteiger partial charge in [0.15, 0.2) is 5.12 Å². The molecule has 0 fully saturated rings. The molecule has 0 spiro atoms. The third-order valence-electron chi connectivity index (χ3n) is 0.820. The Morgan fingerprint density at radius 2 is 2.18 bits per heavy atom. The van der Waals surface area contributed by atoms with Crippen molar-refractivity contribution in [3.63, 3.8) is 0 Å². The van der Waals surface area contributed by atoms with Crippen LogP contribution in [0.1, 0.15) is 6.92 Å². The Bertz CT molecular complexity index is 149. The van der Waals surface area contributed by atoms with Crippen LogP contribution < -0.4 is 5.32 Å². The van der Waals surface area contributed by atoms with Gasteiger partial charge >= 0.3 is 0 Å². The lowest BCUT2D eigenvalue weighted by Gasteiger charge is -2.00. The summed E-state index contributed by atoms with van der Waals surface area (Å²) in [4.78, 5) is 21.1. The van der Waals surface area contributed by atoms with Crippen LogP contribution in [0, 0.1) is 0 Å². The molecule has 0 rings (SSSR count). The van der Waals surface area contributed by atoms with Gasteiger partial charge in [0.05, 0.1) is 5.75 Å². The molecule has 11 heavy (non-hydrogen) atoms. The van der Waals surface area contributed by atoms with E-state index < -0.39 is 0 Å². The van der Waals surface area contributed by atoms with Crippen molar-refractivity contribution in [2.24, 2.45) is 0 Å². The van der Waals surface area contributed by atoms with E-state index in [0.717, 1.165) is 11.8 Å². The summed E-state index contributed by atoms with van der Waals surface area (Å²) < 4.78 is 4.59. The van der Waals surface area contributed by atoms with Gasteiger partial charge in [0, 0.05) is 14.0 Å². The number of nitrogens with one attached hydrogen (secondary N) is 1. The van der Waals surface area contributed by atoms with E-state index in [1.807, 2.05) is 0 Å². The maximum absolute atomic E-state index is 10.7. The predicted molar refractivity (Wildman–Crippen MR) is 43.2 cm³/mol. The Labute approximate surface area is 69.7 Å². The van der Waals surface area contributed by atoms with Crippen molar-refractivity contribution in [2.75, 3.05) is 19.6 Å². The lowest BCUT2D eigenvalue weighted by atomic mass is 10.7. The van der Waals surface area contributed by atoms with E-state index in [0.29, 0.717) is 0 Å². The zero-order valence-electron chi connectivity index (χ0n) is 6.55. The molecule has 1 N–H and O–H groups in total. The Kier molecular flexibility index (Phi) is 5.87. The van der Waals surface area contributed by atoms with Gasteiger partial charge in [-0.1, -0.05) is 11.8 Å². The molecule has 0 aromatic carbocycles. The van der Waals surface area contributed by atoms with Crippen LogP contribution in [0.25, 0.3) is 0 Å². The van der Waals surface area contributed by atoms with E-state index in [9.17, 15) is 9.59 Å². The number of thioether (sulfide) groups is 1. The number of rotatable bonds is 4. The van der Waals surface area contributed by atoms with Gasteiger partial charge in [0.25, 0.3) is 0 Å². The van der Waals surface area contributed by atoms with Crippen molar-refractivity contribution in [1.29, 1.82) is 0 Å². The number of amides is 1. The molecule has 0 saturated carbocycles. The average Bonchev–Trinajstić information content (AvgIpc) is 1.97. The number of carbonyl (C=O) groups is 2. The normalized spacial score (nSPS) is 9.27. The second kappa shape index (κ2) is 6.18. The summed E-state index contributed by atoms with van der Waals surface area (Å²) in [6.07, 6.45) is 0. The van der Waals surface area contributed by atoms with E-state index in [4.69, 9.17) is 0 Å². The Balaban J connectivity index is 3.30. The predicted octanol–water partition coefficient (Wildman–Crippen LogP) is -0.0138. The number of hydrogen-bond donors (Lipinski definition) is 1. The molecule has 0 aliphatic rings. The molecular weight excluding hydrogens is 166 g/mol. The van der Waals surface area contributed by atoms with Crippen molar-refractivity contribution >= 4 is 22.8 Å². The van der Waals surface area contributed by atoms with Gasteiger partial charge in [0.2, 0.25) is 5.91 Å². The van der Waals surface area contributed by atoms with Gasteiger partial charge in [-0.3, -0.25) is 9.59 Å². The molecule has 0 unspecified atom stereocenters. The van der Waals surface area contributed by atoms with E-state index in [1.54, 1.807) is 0 Å². The van der Waals surface area contributed by atoms with Gasteiger partial charge in [-0.15, -0.1) is 0 Å². The van der Waals surface area contributed by atoms with Crippen LogP contribution in [-0.4, -0.2) is 30.6 Å². The van der Waals surface area contributed by atoms with Crippen molar-refractivity contribution in [3.8, 4) is 0 Å². The zero-order chi connectivity index (χ0) is 8.69. The lowest BCUT2D eigenvalue weighted by Crippen LogP contribution is -2.27. The average molecular weight is 177 g/mol. The molecule has 0 radical (unpaired) electrons. The second-order valence-corrected chi connectivity index (χ2v) is 2.97. The largest absolute Gasteiger partial charge is 0.364 e. The van der Waals surface area contributed by atoms with Crippen LogP contribution in [-0.2, 0) is 14.3 Å². The van der Waals surface area contributed by atoms with Crippen LogP contribution in [0.2, 0.25) is 0 Å².